The van der Waals surface area contributed by atoms with Crippen LogP contribution < -0.4 is 26.4 Å². The molecule has 60 heavy (non-hydrogen) atoms. The molecule has 3 aromatic carbocycles. The molecule has 322 valence electrons. The summed E-state index contributed by atoms with van der Waals surface area (Å²) < 4.78 is 24.3. The fourth-order valence-corrected chi connectivity index (χ4v) is 7.37. The maximum absolute atomic E-state index is 13.0. The van der Waals surface area contributed by atoms with E-state index in [-0.39, 0.29) is 17.6 Å². The van der Waals surface area contributed by atoms with Crippen LogP contribution in [0.25, 0.3) is 11.0 Å². The maximum Gasteiger partial charge on any atom is 0.252 e. The number of thiol groups is 1. The number of hydrogen-bond donors (Lipinski definition) is 6. The van der Waals surface area contributed by atoms with E-state index in [1.807, 2.05) is 67.4 Å². The molecule has 5 aromatic rings. The number of nitrogen functional groups attached to an aromatic ring is 1. The topological polar surface area (TPSA) is 175 Å². The zero-order chi connectivity index (χ0) is 43.2. The fourth-order valence-electron chi connectivity index (χ4n) is 7.15. The number of hydrogen-bond acceptors (Lipinski definition) is 11. The van der Waals surface area contributed by atoms with Gasteiger partial charge in [0.15, 0.2) is 0 Å². The summed E-state index contributed by atoms with van der Waals surface area (Å²) in [6.07, 6.45) is 6.48. The molecule has 2 amide bonds. The van der Waals surface area contributed by atoms with Crippen LogP contribution in [-0.4, -0.2) is 103 Å². The van der Waals surface area contributed by atoms with E-state index in [0.29, 0.717) is 36.1 Å². The number of amides is 2. The molecule has 0 aliphatic carbocycles. The van der Waals surface area contributed by atoms with E-state index in [1.165, 1.54) is 6.07 Å². The molecule has 0 saturated carbocycles. The average molecular weight is 843 g/mol. The number of aromatic nitrogens is 2. The molecule has 3 aliphatic heterocycles. The Balaban J connectivity index is 0.000000175. The van der Waals surface area contributed by atoms with Crippen molar-refractivity contribution in [2.45, 2.75) is 44.6 Å². The number of piperazine rings is 1. The lowest BCUT2D eigenvalue weighted by molar-refractivity contribution is -0.135. The Morgan fingerprint density at radius 2 is 1.75 bits per heavy atom. The van der Waals surface area contributed by atoms with Crippen LogP contribution in [0.15, 0.2) is 84.0 Å². The highest BCUT2D eigenvalue weighted by atomic mass is 32.1. The quantitative estimate of drug-likeness (QED) is 0.0740. The van der Waals surface area contributed by atoms with Crippen LogP contribution >= 0.6 is 12.6 Å². The molecule has 2 saturated heterocycles. The standard InChI is InChI=1S/C19H21N5O2.C13H16FNO.C12H18N2OS.CH4O/c1-23-6-8-24(9-7-23)14-2-3-16(18(20)25)17(11-14)26-15-10-13-4-5-21-19(13)22-12-15;1-9(2)13(16)15-6-5-10-7-12(14)4-3-11(10)8-15;13-11-7-10(16)1-2-12(11)14-8-9-3-5-15-6-4-9;1-2/h2-5,10-12H,6-9H2,1H3,(H2,20,25)(H,21,22);3-4,7,9H,5-6,8H2,1-2H3;1-2,7,9,14,16H,3-6,8,13H2;2H,1H3. The summed E-state index contributed by atoms with van der Waals surface area (Å²) in [4.78, 5) is 38.3. The SMILES string of the molecule is CC(C)C(=O)N1CCc2cc(F)ccc2C1.CN1CCN(c2ccc(C(N)=O)c(Oc3cnc4[nH]ccc4c3)c2)CC1.CO.Nc1cc(S)ccc1NCC1CCOCC1. The second kappa shape index (κ2) is 22.3. The van der Waals surface area contributed by atoms with Gasteiger partial charge >= 0.3 is 0 Å². The molecule has 2 aromatic heterocycles. The molecule has 0 spiro atoms. The van der Waals surface area contributed by atoms with Crippen molar-refractivity contribution < 1.29 is 28.6 Å². The number of ether oxygens (including phenoxy) is 2. The molecule has 15 heteroatoms. The third-order valence-corrected chi connectivity index (χ3v) is 10.9. The number of nitrogens with zero attached hydrogens (tertiary/aromatic N) is 4. The first-order chi connectivity index (χ1) is 28.9. The number of anilines is 3. The first-order valence-electron chi connectivity index (χ1n) is 20.3. The van der Waals surface area contributed by atoms with Gasteiger partial charge in [0.1, 0.15) is 23.0 Å². The van der Waals surface area contributed by atoms with Gasteiger partial charge in [0.25, 0.3) is 5.91 Å². The number of carbonyl (C=O) groups is 2. The Morgan fingerprint density at radius 3 is 2.45 bits per heavy atom. The summed E-state index contributed by atoms with van der Waals surface area (Å²) in [6.45, 7) is 11.7. The Hall–Kier alpha value is -5.35. The summed E-state index contributed by atoms with van der Waals surface area (Å²) >= 11 is 4.25. The fraction of sp³-hybridized carbons (Fsp3) is 0.400. The van der Waals surface area contributed by atoms with Crippen molar-refractivity contribution >= 4 is 52.5 Å². The molecular formula is C45H59FN8O5S. The Labute approximate surface area is 357 Å². The largest absolute Gasteiger partial charge is 0.455 e. The maximum atomic E-state index is 13.0. The number of carbonyl (C=O) groups excluding carboxylic acids is 2. The number of aliphatic hydroxyl groups is 1. The number of fused-ring (bicyclic) bond motifs is 2. The molecule has 2 fully saturated rings. The lowest BCUT2D eigenvalue weighted by Crippen LogP contribution is -2.44. The minimum absolute atomic E-state index is 0.0296. The zero-order valence-corrected chi connectivity index (χ0v) is 35.9. The van der Waals surface area contributed by atoms with Crippen LogP contribution in [0.2, 0.25) is 0 Å². The third-order valence-electron chi connectivity index (χ3n) is 10.6. The van der Waals surface area contributed by atoms with Gasteiger partial charge in [0.05, 0.1) is 23.1 Å². The van der Waals surface area contributed by atoms with E-state index < -0.39 is 5.91 Å². The summed E-state index contributed by atoms with van der Waals surface area (Å²) in [5.41, 5.74) is 17.5. The van der Waals surface area contributed by atoms with Crippen molar-refractivity contribution in [2.75, 3.05) is 82.6 Å². The van der Waals surface area contributed by atoms with Gasteiger partial charge in [-0.2, -0.15) is 0 Å². The molecule has 5 heterocycles. The van der Waals surface area contributed by atoms with E-state index >= 15 is 0 Å². The molecule has 13 nitrogen and oxygen atoms in total. The Kier molecular flexibility index (Phi) is 17.0. The summed E-state index contributed by atoms with van der Waals surface area (Å²) in [6, 6.07) is 20.0. The Morgan fingerprint density at radius 1 is 1.00 bits per heavy atom. The van der Waals surface area contributed by atoms with Crippen molar-refractivity contribution in [1.29, 1.82) is 0 Å². The predicted octanol–water partition coefficient (Wildman–Crippen LogP) is 6.58. The lowest BCUT2D eigenvalue weighted by atomic mass is 9.98. The van der Waals surface area contributed by atoms with Gasteiger partial charge < -0.3 is 51.0 Å². The highest BCUT2D eigenvalue weighted by Crippen LogP contribution is 2.31. The van der Waals surface area contributed by atoms with Gasteiger partial charge in [-0.1, -0.05) is 19.9 Å². The number of aliphatic hydroxyl groups excluding tert-OH is 1. The number of primary amides is 1. The summed E-state index contributed by atoms with van der Waals surface area (Å²) in [5, 5.41) is 11.3. The molecule has 7 N–H and O–H groups in total. The average Bonchev–Trinajstić information content (AvgIpc) is 3.73. The normalized spacial score (nSPS) is 15.4. The Bertz CT molecular complexity index is 2170. The van der Waals surface area contributed by atoms with Gasteiger partial charge in [0.2, 0.25) is 5.91 Å². The number of benzene rings is 3. The number of nitrogens with one attached hydrogen (secondary N) is 2. The van der Waals surface area contributed by atoms with Gasteiger partial charge in [-0.15, -0.1) is 12.6 Å². The van der Waals surface area contributed by atoms with E-state index in [0.717, 1.165) is 116 Å². The predicted molar refractivity (Wildman–Crippen MR) is 239 cm³/mol. The number of H-pyrrole nitrogens is 1. The second-order valence-electron chi connectivity index (χ2n) is 15.3. The molecule has 0 unspecified atom stereocenters. The lowest BCUT2D eigenvalue weighted by Gasteiger charge is -2.34. The van der Waals surface area contributed by atoms with Crippen LogP contribution in [0.5, 0.6) is 11.5 Å². The number of rotatable bonds is 8. The van der Waals surface area contributed by atoms with Crippen LogP contribution in [0, 0.1) is 17.7 Å². The van der Waals surface area contributed by atoms with Gasteiger partial charge in [-0.25, -0.2) is 9.37 Å². The van der Waals surface area contributed by atoms with E-state index in [2.05, 4.69) is 44.8 Å². The van der Waals surface area contributed by atoms with Crippen LogP contribution in [0.1, 0.15) is 48.2 Å². The minimum Gasteiger partial charge on any atom is -0.455 e. The zero-order valence-electron chi connectivity index (χ0n) is 35.0. The smallest absolute Gasteiger partial charge is 0.252 e. The van der Waals surface area contributed by atoms with Crippen LogP contribution in [0.3, 0.4) is 0 Å². The number of halogens is 1. The second-order valence-corrected chi connectivity index (χ2v) is 15.8. The van der Waals surface area contributed by atoms with Gasteiger partial charge in [-0.3, -0.25) is 9.59 Å². The van der Waals surface area contributed by atoms with Crippen molar-refractivity contribution in [3.05, 3.63) is 102 Å². The first-order valence-corrected chi connectivity index (χ1v) is 20.8. The summed E-state index contributed by atoms with van der Waals surface area (Å²) in [5.74, 6) is 1.21. The van der Waals surface area contributed by atoms with Crippen LogP contribution in [0.4, 0.5) is 21.5 Å². The molecule has 0 bridgehead atoms. The number of likely N-dealkylation sites (N-methyl/N-ethyl adjacent to an activating group) is 1. The molecule has 0 radical (unpaired) electrons. The van der Waals surface area contributed by atoms with Gasteiger partial charge in [0, 0.05) is 100 Å². The highest BCUT2D eigenvalue weighted by Gasteiger charge is 2.23. The van der Waals surface area contributed by atoms with Crippen molar-refractivity contribution in [2.24, 2.45) is 17.6 Å². The summed E-state index contributed by atoms with van der Waals surface area (Å²) in [7, 11) is 3.12. The molecular weight excluding hydrogens is 784 g/mol. The number of aromatic amines is 1. The highest BCUT2D eigenvalue weighted by molar-refractivity contribution is 7.80. The number of pyridine rings is 1. The molecule has 8 rings (SSSR count). The van der Waals surface area contributed by atoms with Crippen LogP contribution in [-0.2, 0) is 22.5 Å². The van der Waals surface area contributed by atoms with E-state index in [4.69, 9.17) is 26.0 Å². The monoisotopic (exact) mass is 842 g/mol. The van der Waals surface area contributed by atoms with Crippen molar-refractivity contribution in [3.63, 3.8) is 0 Å². The van der Waals surface area contributed by atoms with Gasteiger partial charge in [-0.05, 0) is 98.0 Å². The third kappa shape index (κ3) is 12.8. The molecule has 0 atom stereocenters. The van der Waals surface area contributed by atoms with Crippen molar-refractivity contribution in [1.82, 2.24) is 19.8 Å². The minimum atomic E-state index is -0.513. The van der Waals surface area contributed by atoms with Crippen molar-refractivity contribution in [3.8, 4) is 11.5 Å². The molecule has 3 aliphatic rings. The van der Waals surface area contributed by atoms with E-state index in [9.17, 15) is 14.0 Å². The number of nitrogens with two attached hydrogens (primary N) is 2. The first kappa shape index (κ1) is 45.7. The van der Waals surface area contributed by atoms with E-state index in [1.54, 1.807) is 24.4 Å².